The van der Waals surface area contributed by atoms with Gasteiger partial charge in [-0.2, -0.15) is 5.10 Å². The minimum absolute atomic E-state index is 0.199. The molecule has 2 aromatic rings. The maximum absolute atomic E-state index is 6.27. The molecule has 2 aliphatic heterocycles. The van der Waals surface area contributed by atoms with Crippen LogP contribution < -0.4 is 4.74 Å². The van der Waals surface area contributed by atoms with Crippen LogP contribution in [-0.4, -0.2) is 16.4 Å². The average molecular weight is 333 g/mol. The number of thiophene rings is 1. The van der Waals surface area contributed by atoms with Crippen molar-refractivity contribution in [1.29, 1.82) is 0 Å². The Morgan fingerprint density at radius 3 is 3.05 bits per heavy atom. The number of halogens is 1. The van der Waals surface area contributed by atoms with E-state index in [0.717, 1.165) is 34.9 Å². The fourth-order valence-electron chi connectivity index (χ4n) is 3.17. The van der Waals surface area contributed by atoms with E-state index in [1.165, 1.54) is 4.88 Å². The third-order valence-electron chi connectivity index (χ3n) is 4.52. The average Bonchev–Trinajstić information content (AvgIpc) is 3.17. The van der Waals surface area contributed by atoms with Gasteiger partial charge in [-0.15, -0.1) is 11.3 Å². The summed E-state index contributed by atoms with van der Waals surface area (Å²) in [6.07, 6.45) is 1.76. The second-order valence-corrected chi connectivity index (χ2v) is 7.29. The van der Waals surface area contributed by atoms with Crippen LogP contribution in [0.25, 0.3) is 0 Å². The number of hydrazone groups is 1. The van der Waals surface area contributed by atoms with Crippen molar-refractivity contribution in [3.05, 3.63) is 51.2 Å². The zero-order valence-corrected chi connectivity index (χ0v) is 14.1. The van der Waals surface area contributed by atoms with Crippen LogP contribution in [0.3, 0.4) is 0 Å². The Labute approximate surface area is 139 Å². The van der Waals surface area contributed by atoms with Gasteiger partial charge < -0.3 is 4.74 Å². The lowest BCUT2D eigenvalue weighted by molar-refractivity contribution is -0.108. The van der Waals surface area contributed by atoms with Crippen molar-refractivity contribution in [2.45, 2.75) is 38.5 Å². The summed E-state index contributed by atoms with van der Waals surface area (Å²) in [5.74, 6) is 0.928. The Morgan fingerprint density at radius 1 is 1.45 bits per heavy atom. The van der Waals surface area contributed by atoms with Gasteiger partial charge in [-0.3, -0.25) is 0 Å². The van der Waals surface area contributed by atoms with Crippen molar-refractivity contribution in [2.24, 2.45) is 5.10 Å². The Balaban J connectivity index is 1.81. The van der Waals surface area contributed by atoms with Gasteiger partial charge in [-0.1, -0.05) is 24.6 Å². The molecule has 0 saturated carbocycles. The lowest BCUT2D eigenvalue weighted by atomic mass is 9.96. The van der Waals surface area contributed by atoms with Crippen LogP contribution in [0.5, 0.6) is 5.75 Å². The minimum atomic E-state index is -0.412. The number of hydrogen-bond acceptors (Lipinski definition) is 4. The third-order valence-corrected chi connectivity index (χ3v) is 5.67. The molecule has 1 aromatic carbocycles. The van der Waals surface area contributed by atoms with Crippen molar-refractivity contribution >= 4 is 28.6 Å². The van der Waals surface area contributed by atoms with Crippen molar-refractivity contribution in [3.63, 3.8) is 0 Å². The smallest absolute Gasteiger partial charge is 0.195 e. The van der Waals surface area contributed by atoms with Gasteiger partial charge in [0.2, 0.25) is 0 Å². The molecular weight excluding hydrogens is 316 g/mol. The molecule has 0 bridgehead atoms. The fraction of sp³-hybridized carbons (Fsp3) is 0.353. The molecule has 22 heavy (non-hydrogen) atoms. The highest BCUT2D eigenvalue weighted by Gasteiger charge is 2.46. The van der Waals surface area contributed by atoms with Gasteiger partial charge in [0.05, 0.1) is 16.6 Å². The lowest BCUT2D eigenvalue weighted by Crippen LogP contribution is -2.50. The summed E-state index contributed by atoms with van der Waals surface area (Å²) in [4.78, 5) is 1.23. The molecule has 0 unspecified atom stereocenters. The van der Waals surface area contributed by atoms with Crippen LogP contribution >= 0.6 is 22.9 Å². The first kappa shape index (κ1) is 14.1. The lowest BCUT2D eigenvalue weighted by Gasteiger charge is -2.45. The molecule has 114 valence electrons. The number of nitrogens with zero attached hydrogens (tertiary/aromatic N) is 2. The third kappa shape index (κ3) is 2.05. The zero-order valence-electron chi connectivity index (χ0n) is 12.5. The fourth-order valence-corrected chi connectivity index (χ4v) is 4.07. The summed E-state index contributed by atoms with van der Waals surface area (Å²) in [6.45, 7) is 4.25. The molecule has 3 nitrogen and oxygen atoms in total. The highest BCUT2D eigenvalue weighted by atomic mass is 35.5. The molecule has 0 aliphatic carbocycles. The first-order chi connectivity index (χ1) is 10.6. The molecule has 0 fully saturated rings. The van der Waals surface area contributed by atoms with E-state index in [9.17, 15) is 0 Å². The standard InChI is InChI=1S/C17H17ClN2OS/c1-3-17(2)20-14(10-13(19-20)16-5-4-8-22-16)12-9-11(18)6-7-15(12)21-17/h4-9,14H,3,10H2,1-2H3/t14-,17-/m1/s1. The van der Waals surface area contributed by atoms with E-state index in [0.29, 0.717) is 0 Å². The van der Waals surface area contributed by atoms with E-state index in [-0.39, 0.29) is 6.04 Å². The molecule has 0 amide bonds. The maximum atomic E-state index is 6.27. The molecule has 1 aromatic heterocycles. The van der Waals surface area contributed by atoms with Crippen molar-refractivity contribution in [1.82, 2.24) is 5.01 Å². The number of ether oxygens (including phenoxy) is 1. The molecule has 2 aliphatic rings. The van der Waals surface area contributed by atoms with E-state index in [4.69, 9.17) is 21.4 Å². The summed E-state index contributed by atoms with van der Waals surface area (Å²) in [5.41, 5.74) is 1.86. The molecule has 5 heteroatoms. The van der Waals surface area contributed by atoms with Crippen LogP contribution in [0.15, 0.2) is 40.8 Å². The first-order valence-corrected chi connectivity index (χ1v) is 8.75. The van der Waals surface area contributed by atoms with Gasteiger partial charge in [0.25, 0.3) is 0 Å². The second-order valence-electron chi connectivity index (χ2n) is 5.90. The van der Waals surface area contributed by atoms with Crippen LogP contribution in [-0.2, 0) is 0 Å². The Morgan fingerprint density at radius 2 is 2.32 bits per heavy atom. The highest BCUT2D eigenvalue weighted by Crippen LogP contribution is 2.48. The molecule has 4 rings (SSSR count). The number of rotatable bonds is 2. The maximum Gasteiger partial charge on any atom is 0.195 e. The normalized spacial score (nSPS) is 26.2. The molecule has 0 N–H and O–H groups in total. The summed E-state index contributed by atoms with van der Waals surface area (Å²) in [5, 5.41) is 9.86. The van der Waals surface area contributed by atoms with Gasteiger partial charge in [0.15, 0.2) is 5.72 Å². The summed E-state index contributed by atoms with van der Waals surface area (Å²) >= 11 is 7.93. The van der Waals surface area contributed by atoms with Crippen molar-refractivity contribution in [2.75, 3.05) is 0 Å². The van der Waals surface area contributed by atoms with E-state index >= 15 is 0 Å². The Kier molecular flexibility index (Phi) is 3.20. The number of benzene rings is 1. The number of hydrogen-bond donors (Lipinski definition) is 0. The minimum Gasteiger partial charge on any atom is -0.466 e. The van der Waals surface area contributed by atoms with Gasteiger partial charge in [-0.05, 0) is 36.6 Å². The van der Waals surface area contributed by atoms with E-state index < -0.39 is 5.72 Å². The van der Waals surface area contributed by atoms with Crippen molar-refractivity contribution in [3.8, 4) is 5.75 Å². The molecule has 3 heterocycles. The molecule has 0 saturated heterocycles. The Bertz CT molecular complexity index is 743. The molecule has 0 radical (unpaired) electrons. The van der Waals surface area contributed by atoms with E-state index in [1.54, 1.807) is 11.3 Å². The molecule has 0 spiro atoms. The highest BCUT2D eigenvalue weighted by molar-refractivity contribution is 7.12. The monoisotopic (exact) mass is 332 g/mol. The van der Waals surface area contributed by atoms with Gasteiger partial charge in [0, 0.05) is 23.4 Å². The van der Waals surface area contributed by atoms with Gasteiger partial charge in [0.1, 0.15) is 5.75 Å². The van der Waals surface area contributed by atoms with Crippen molar-refractivity contribution < 1.29 is 4.74 Å². The topological polar surface area (TPSA) is 24.8 Å². The Hall–Kier alpha value is -1.52. The summed E-state index contributed by atoms with van der Waals surface area (Å²) in [6, 6.07) is 10.3. The second kappa shape index (κ2) is 5.00. The van der Waals surface area contributed by atoms with Crippen LogP contribution in [0.2, 0.25) is 5.02 Å². The van der Waals surface area contributed by atoms with Crippen LogP contribution in [0, 0.1) is 0 Å². The largest absolute Gasteiger partial charge is 0.466 e. The quantitative estimate of drug-likeness (QED) is 0.766. The van der Waals surface area contributed by atoms with E-state index in [2.05, 4.69) is 36.4 Å². The predicted octanol–water partition coefficient (Wildman–Crippen LogP) is 5.07. The predicted molar refractivity (Wildman–Crippen MR) is 90.8 cm³/mol. The van der Waals surface area contributed by atoms with Gasteiger partial charge in [-0.25, -0.2) is 5.01 Å². The van der Waals surface area contributed by atoms with Crippen LogP contribution in [0.4, 0.5) is 0 Å². The SMILES string of the molecule is CC[C@@]1(C)Oc2ccc(Cl)cc2[C@H]2CC(c3cccs3)=NN21. The molecule has 2 atom stereocenters. The number of fused-ring (bicyclic) bond motifs is 3. The first-order valence-electron chi connectivity index (χ1n) is 7.50. The zero-order chi connectivity index (χ0) is 15.3. The van der Waals surface area contributed by atoms with Crippen LogP contribution in [0.1, 0.15) is 43.2 Å². The summed E-state index contributed by atoms with van der Waals surface area (Å²) < 4.78 is 6.27. The molecular formula is C17H17ClN2OS. The van der Waals surface area contributed by atoms with E-state index in [1.807, 2.05) is 18.2 Å². The summed E-state index contributed by atoms with van der Waals surface area (Å²) in [7, 11) is 0. The van der Waals surface area contributed by atoms with Gasteiger partial charge >= 0.3 is 0 Å².